The summed E-state index contributed by atoms with van der Waals surface area (Å²) in [6, 6.07) is 3.05. The molecule has 0 aromatic carbocycles. The summed E-state index contributed by atoms with van der Waals surface area (Å²) < 4.78 is 1.25. The Morgan fingerprint density at radius 2 is 2.25 bits per heavy atom. The third-order valence-corrected chi connectivity index (χ3v) is 2.72. The molecule has 2 aromatic rings. The molecule has 0 saturated heterocycles. The molecular weight excluding hydrogens is 286 g/mol. The Hall–Kier alpha value is -2.48. The lowest BCUT2D eigenvalue weighted by molar-refractivity contribution is -0.385. The smallest absolute Gasteiger partial charge is 0.305 e. The van der Waals surface area contributed by atoms with Crippen LogP contribution in [0.1, 0.15) is 17.4 Å². The maximum atomic E-state index is 12.1. The van der Waals surface area contributed by atoms with Gasteiger partial charge in [-0.3, -0.25) is 19.6 Å². The molecule has 9 heteroatoms. The zero-order valence-electron chi connectivity index (χ0n) is 10.4. The fraction of sp³-hybridized carbons (Fsp3) is 0.182. The van der Waals surface area contributed by atoms with Crippen LogP contribution in [-0.2, 0) is 6.54 Å². The van der Waals surface area contributed by atoms with Crippen molar-refractivity contribution < 1.29 is 9.72 Å². The van der Waals surface area contributed by atoms with E-state index in [4.69, 9.17) is 11.6 Å². The van der Waals surface area contributed by atoms with Crippen molar-refractivity contribution in [1.82, 2.24) is 14.8 Å². The first-order valence-electron chi connectivity index (χ1n) is 5.66. The number of carbonyl (C=O) groups excluding carboxylic acids is 1. The van der Waals surface area contributed by atoms with Crippen LogP contribution in [0.5, 0.6) is 0 Å². The number of nitrogens with one attached hydrogen (secondary N) is 1. The Balaban J connectivity index is 2.31. The van der Waals surface area contributed by atoms with E-state index >= 15 is 0 Å². The van der Waals surface area contributed by atoms with Gasteiger partial charge in [-0.25, -0.2) is 4.98 Å². The fourth-order valence-electron chi connectivity index (χ4n) is 1.61. The molecule has 0 aliphatic rings. The van der Waals surface area contributed by atoms with E-state index in [1.54, 1.807) is 13.0 Å². The Morgan fingerprint density at radius 1 is 1.50 bits per heavy atom. The molecule has 104 valence electrons. The second kappa shape index (κ2) is 5.66. The minimum absolute atomic E-state index is 0.116. The topological polar surface area (TPSA) is 103 Å². The van der Waals surface area contributed by atoms with Gasteiger partial charge in [0.1, 0.15) is 12.0 Å². The lowest BCUT2D eigenvalue weighted by Gasteiger charge is -2.05. The first kappa shape index (κ1) is 13.9. The summed E-state index contributed by atoms with van der Waals surface area (Å²) in [6.07, 6.45) is 2.41. The van der Waals surface area contributed by atoms with Gasteiger partial charge >= 0.3 is 5.69 Å². The van der Waals surface area contributed by atoms with E-state index in [1.165, 1.54) is 16.9 Å². The van der Waals surface area contributed by atoms with Crippen LogP contribution < -0.4 is 5.32 Å². The maximum absolute atomic E-state index is 12.1. The van der Waals surface area contributed by atoms with E-state index in [0.717, 1.165) is 6.20 Å². The van der Waals surface area contributed by atoms with Crippen molar-refractivity contribution in [3.05, 3.63) is 45.4 Å². The molecule has 0 saturated carbocycles. The number of amides is 1. The van der Waals surface area contributed by atoms with E-state index in [2.05, 4.69) is 15.4 Å². The van der Waals surface area contributed by atoms with Crippen LogP contribution >= 0.6 is 11.6 Å². The molecule has 0 atom stereocenters. The van der Waals surface area contributed by atoms with Crippen LogP contribution in [-0.4, -0.2) is 25.6 Å². The Bertz CT molecular complexity index is 653. The van der Waals surface area contributed by atoms with Crippen molar-refractivity contribution in [2.24, 2.45) is 0 Å². The highest BCUT2D eigenvalue weighted by atomic mass is 35.5. The number of rotatable bonds is 4. The van der Waals surface area contributed by atoms with Gasteiger partial charge < -0.3 is 5.32 Å². The number of carbonyl (C=O) groups is 1. The van der Waals surface area contributed by atoms with Crippen LogP contribution in [0.25, 0.3) is 0 Å². The molecule has 2 rings (SSSR count). The third-order valence-electron chi connectivity index (χ3n) is 2.50. The molecule has 2 heterocycles. The fourth-order valence-corrected chi connectivity index (χ4v) is 1.72. The average molecular weight is 296 g/mol. The molecule has 0 bridgehead atoms. The largest absolute Gasteiger partial charge is 0.320 e. The van der Waals surface area contributed by atoms with Crippen molar-refractivity contribution >= 4 is 29.0 Å². The molecule has 20 heavy (non-hydrogen) atoms. The Morgan fingerprint density at radius 3 is 2.80 bits per heavy atom. The van der Waals surface area contributed by atoms with E-state index in [-0.39, 0.29) is 17.2 Å². The number of hydrogen-bond donors (Lipinski definition) is 1. The Labute approximate surface area is 118 Å². The first-order chi connectivity index (χ1) is 9.52. The van der Waals surface area contributed by atoms with E-state index in [9.17, 15) is 14.9 Å². The van der Waals surface area contributed by atoms with Crippen molar-refractivity contribution in [3.63, 3.8) is 0 Å². The lowest BCUT2D eigenvalue weighted by Crippen LogP contribution is -2.19. The van der Waals surface area contributed by atoms with E-state index < -0.39 is 10.8 Å². The summed E-state index contributed by atoms with van der Waals surface area (Å²) in [6.45, 7) is 2.07. The zero-order chi connectivity index (χ0) is 14.7. The molecule has 0 spiro atoms. The van der Waals surface area contributed by atoms with E-state index in [1.807, 2.05) is 0 Å². The monoisotopic (exact) mass is 295 g/mol. The maximum Gasteiger partial charge on any atom is 0.320 e. The first-order valence-corrected chi connectivity index (χ1v) is 6.03. The normalized spacial score (nSPS) is 10.3. The van der Waals surface area contributed by atoms with Gasteiger partial charge in [0.05, 0.1) is 9.95 Å². The summed E-state index contributed by atoms with van der Waals surface area (Å²) in [4.78, 5) is 26.3. The average Bonchev–Trinajstić information content (AvgIpc) is 2.85. The second-order valence-corrected chi connectivity index (χ2v) is 4.20. The van der Waals surface area contributed by atoms with Crippen molar-refractivity contribution in [3.8, 4) is 0 Å². The van der Waals surface area contributed by atoms with Crippen molar-refractivity contribution in [2.75, 3.05) is 5.32 Å². The molecule has 0 unspecified atom stereocenters. The number of pyridine rings is 1. The molecule has 2 aromatic heterocycles. The quantitative estimate of drug-likeness (QED) is 0.687. The standard InChI is InChI=1S/C11H10ClN5O3/c1-2-16-10(8(6-14-16)17(19)20)11(18)15-9-4-3-7(12)5-13-9/h3-6H,2H2,1H3,(H,13,15,18). The number of hydrogen-bond acceptors (Lipinski definition) is 5. The minimum atomic E-state index is -0.649. The highest BCUT2D eigenvalue weighted by Crippen LogP contribution is 2.19. The Kier molecular flexibility index (Phi) is 3.94. The van der Waals surface area contributed by atoms with Gasteiger partial charge in [0, 0.05) is 12.7 Å². The van der Waals surface area contributed by atoms with Crippen LogP contribution in [0.2, 0.25) is 5.02 Å². The van der Waals surface area contributed by atoms with Crippen LogP contribution in [0.3, 0.4) is 0 Å². The van der Waals surface area contributed by atoms with Gasteiger partial charge in [-0.2, -0.15) is 5.10 Å². The van der Waals surface area contributed by atoms with Gasteiger partial charge in [0.2, 0.25) is 5.69 Å². The van der Waals surface area contributed by atoms with Crippen LogP contribution in [0.15, 0.2) is 24.5 Å². The summed E-state index contributed by atoms with van der Waals surface area (Å²) >= 11 is 5.68. The molecule has 0 aliphatic heterocycles. The molecule has 0 aliphatic carbocycles. The zero-order valence-corrected chi connectivity index (χ0v) is 11.2. The van der Waals surface area contributed by atoms with Crippen LogP contribution in [0, 0.1) is 10.1 Å². The molecule has 0 radical (unpaired) electrons. The molecule has 1 N–H and O–H groups in total. The summed E-state index contributed by atoms with van der Waals surface area (Å²) in [5, 5.41) is 17.6. The summed E-state index contributed by atoms with van der Waals surface area (Å²) in [7, 11) is 0. The number of nitro groups is 1. The second-order valence-electron chi connectivity index (χ2n) is 3.77. The molecule has 1 amide bonds. The predicted molar refractivity (Wildman–Crippen MR) is 71.8 cm³/mol. The van der Waals surface area contributed by atoms with Gasteiger partial charge in [-0.1, -0.05) is 11.6 Å². The predicted octanol–water partition coefficient (Wildman–Crippen LogP) is 2.11. The van der Waals surface area contributed by atoms with Crippen molar-refractivity contribution in [2.45, 2.75) is 13.5 Å². The SMILES string of the molecule is CCn1ncc([N+](=O)[O-])c1C(=O)Nc1ccc(Cl)cn1. The summed E-state index contributed by atoms with van der Waals surface area (Å²) in [5.74, 6) is -0.400. The minimum Gasteiger partial charge on any atom is -0.305 e. The third kappa shape index (κ3) is 2.75. The highest BCUT2D eigenvalue weighted by Gasteiger charge is 2.26. The van der Waals surface area contributed by atoms with Crippen molar-refractivity contribution in [1.29, 1.82) is 0 Å². The lowest BCUT2D eigenvalue weighted by atomic mass is 10.3. The molecular formula is C11H10ClN5O3. The molecule has 8 nitrogen and oxygen atoms in total. The number of aromatic nitrogens is 3. The number of halogens is 1. The highest BCUT2D eigenvalue weighted by molar-refractivity contribution is 6.30. The number of aryl methyl sites for hydroxylation is 1. The summed E-state index contributed by atoms with van der Waals surface area (Å²) in [5.41, 5.74) is -0.465. The van der Waals surface area contributed by atoms with Gasteiger partial charge in [-0.05, 0) is 19.1 Å². The number of anilines is 1. The molecule has 0 fully saturated rings. The van der Waals surface area contributed by atoms with Gasteiger partial charge in [0.25, 0.3) is 5.91 Å². The van der Waals surface area contributed by atoms with E-state index in [0.29, 0.717) is 11.6 Å². The number of nitrogens with zero attached hydrogens (tertiary/aromatic N) is 4. The van der Waals surface area contributed by atoms with Crippen LogP contribution in [0.4, 0.5) is 11.5 Å². The van der Waals surface area contributed by atoms with Gasteiger partial charge in [-0.15, -0.1) is 0 Å². The van der Waals surface area contributed by atoms with Gasteiger partial charge in [0.15, 0.2) is 0 Å².